The summed E-state index contributed by atoms with van der Waals surface area (Å²) in [5, 5.41) is 3.66. The zero-order valence-corrected chi connectivity index (χ0v) is 17.4. The van der Waals surface area contributed by atoms with E-state index in [1.165, 1.54) is 11.0 Å². The quantitative estimate of drug-likeness (QED) is 0.629. The molecule has 4 rings (SSSR count). The van der Waals surface area contributed by atoms with Gasteiger partial charge in [0.1, 0.15) is 5.76 Å². The van der Waals surface area contributed by atoms with E-state index in [9.17, 15) is 9.59 Å². The van der Waals surface area contributed by atoms with Gasteiger partial charge in [-0.2, -0.15) is 0 Å². The molecule has 2 aromatic heterocycles. The SMILES string of the molecule is C[C@@H]1[C@H](C)CCC[C@H]1NC(=O)c1ccc2c(=O)n(Cc3ccco3)c(=S)[nH]c2c1. The third kappa shape index (κ3) is 3.92. The van der Waals surface area contributed by atoms with Gasteiger partial charge < -0.3 is 14.7 Å². The number of fused-ring (bicyclic) bond motifs is 1. The molecule has 1 saturated carbocycles. The smallest absolute Gasteiger partial charge is 0.262 e. The van der Waals surface area contributed by atoms with Crippen LogP contribution >= 0.6 is 12.2 Å². The third-order valence-corrected chi connectivity index (χ3v) is 6.48. The van der Waals surface area contributed by atoms with Crippen LogP contribution in [0.15, 0.2) is 45.8 Å². The number of carbonyl (C=O) groups excluding carboxylic acids is 1. The molecule has 6 nitrogen and oxygen atoms in total. The number of aromatic amines is 1. The molecule has 1 aliphatic rings. The van der Waals surface area contributed by atoms with Gasteiger partial charge in [-0.05, 0) is 60.8 Å². The minimum atomic E-state index is -0.207. The summed E-state index contributed by atoms with van der Waals surface area (Å²) in [6, 6.07) is 8.84. The maximum absolute atomic E-state index is 12.9. The van der Waals surface area contributed by atoms with Crippen molar-refractivity contribution in [3.05, 3.63) is 63.0 Å². The third-order valence-electron chi connectivity index (χ3n) is 6.16. The van der Waals surface area contributed by atoms with Crippen LogP contribution in [-0.2, 0) is 6.54 Å². The average Bonchev–Trinajstić information content (AvgIpc) is 3.21. The van der Waals surface area contributed by atoms with Crippen LogP contribution < -0.4 is 10.9 Å². The van der Waals surface area contributed by atoms with E-state index < -0.39 is 0 Å². The van der Waals surface area contributed by atoms with Crippen molar-refractivity contribution in [3.8, 4) is 0 Å². The highest BCUT2D eigenvalue weighted by atomic mass is 32.1. The molecule has 1 fully saturated rings. The lowest BCUT2D eigenvalue weighted by atomic mass is 9.78. The predicted molar refractivity (Wildman–Crippen MR) is 115 cm³/mol. The number of amides is 1. The summed E-state index contributed by atoms with van der Waals surface area (Å²) < 4.78 is 7.08. The molecule has 0 unspecified atom stereocenters. The Labute approximate surface area is 173 Å². The Morgan fingerprint density at radius 2 is 2.14 bits per heavy atom. The predicted octanol–water partition coefficient (Wildman–Crippen LogP) is 4.25. The second kappa shape index (κ2) is 7.99. The number of H-pyrrole nitrogens is 1. The van der Waals surface area contributed by atoms with Crippen LogP contribution in [0.1, 0.15) is 49.2 Å². The van der Waals surface area contributed by atoms with Gasteiger partial charge >= 0.3 is 0 Å². The molecule has 1 aromatic carbocycles. The number of nitrogens with zero attached hydrogens (tertiary/aromatic N) is 1. The second-order valence-electron chi connectivity index (χ2n) is 8.01. The summed E-state index contributed by atoms with van der Waals surface area (Å²) in [6.45, 7) is 4.71. The monoisotopic (exact) mass is 411 g/mol. The molecule has 1 aliphatic carbocycles. The van der Waals surface area contributed by atoms with E-state index in [0.717, 1.165) is 12.8 Å². The molecule has 0 radical (unpaired) electrons. The van der Waals surface area contributed by atoms with Crippen molar-refractivity contribution in [2.24, 2.45) is 11.8 Å². The van der Waals surface area contributed by atoms with E-state index in [1.54, 1.807) is 36.6 Å². The number of carbonyl (C=O) groups is 1. The molecule has 2 N–H and O–H groups in total. The van der Waals surface area contributed by atoms with Crippen LogP contribution in [-0.4, -0.2) is 21.5 Å². The Hall–Kier alpha value is -2.67. The maximum Gasteiger partial charge on any atom is 0.262 e. The van der Waals surface area contributed by atoms with Crippen molar-refractivity contribution in [1.29, 1.82) is 0 Å². The molecular weight excluding hydrogens is 386 g/mol. The van der Waals surface area contributed by atoms with E-state index in [2.05, 4.69) is 24.1 Å². The Morgan fingerprint density at radius 1 is 1.31 bits per heavy atom. The summed E-state index contributed by atoms with van der Waals surface area (Å²) in [7, 11) is 0. The van der Waals surface area contributed by atoms with Crippen LogP contribution in [0.5, 0.6) is 0 Å². The molecule has 3 atom stereocenters. The zero-order valence-electron chi connectivity index (χ0n) is 16.6. The van der Waals surface area contributed by atoms with Crippen LogP contribution in [0.3, 0.4) is 0 Å². The fourth-order valence-corrected chi connectivity index (χ4v) is 4.39. The van der Waals surface area contributed by atoms with Gasteiger partial charge in [-0.25, -0.2) is 0 Å². The van der Waals surface area contributed by atoms with E-state index in [1.807, 2.05) is 0 Å². The molecule has 29 heavy (non-hydrogen) atoms. The highest BCUT2D eigenvalue weighted by molar-refractivity contribution is 7.71. The van der Waals surface area contributed by atoms with Gasteiger partial charge in [0.15, 0.2) is 4.77 Å². The van der Waals surface area contributed by atoms with Crippen molar-refractivity contribution >= 4 is 29.0 Å². The Kier molecular flexibility index (Phi) is 5.41. The van der Waals surface area contributed by atoms with Crippen molar-refractivity contribution in [1.82, 2.24) is 14.9 Å². The van der Waals surface area contributed by atoms with E-state index in [4.69, 9.17) is 16.6 Å². The van der Waals surface area contributed by atoms with Crippen molar-refractivity contribution in [2.45, 2.75) is 45.7 Å². The number of benzene rings is 1. The lowest BCUT2D eigenvalue weighted by molar-refractivity contribution is 0.0891. The first kappa shape index (κ1) is 19.6. The topological polar surface area (TPSA) is 80.0 Å². The van der Waals surface area contributed by atoms with Gasteiger partial charge in [-0.15, -0.1) is 0 Å². The number of nitrogens with one attached hydrogen (secondary N) is 2. The largest absolute Gasteiger partial charge is 0.467 e. The van der Waals surface area contributed by atoms with Gasteiger partial charge in [0.25, 0.3) is 11.5 Å². The van der Waals surface area contributed by atoms with Crippen LogP contribution in [0.4, 0.5) is 0 Å². The number of rotatable bonds is 4. The van der Waals surface area contributed by atoms with Crippen LogP contribution in [0, 0.1) is 16.6 Å². The van der Waals surface area contributed by atoms with E-state index >= 15 is 0 Å². The van der Waals surface area contributed by atoms with Crippen molar-refractivity contribution < 1.29 is 9.21 Å². The molecule has 0 aliphatic heterocycles. The first-order valence-electron chi connectivity index (χ1n) is 10.0. The van der Waals surface area contributed by atoms with E-state index in [-0.39, 0.29) is 24.1 Å². The molecule has 7 heteroatoms. The zero-order chi connectivity index (χ0) is 20.5. The molecule has 0 saturated heterocycles. The standard InChI is InChI=1S/C22H25N3O3S/c1-13-5-3-7-18(14(13)2)23-20(26)15-8-9-17-19(11-15)24-22(29)25(21(17)27)12-16-6-4-10-28-16/h4,6,8-11,13-14,18H,3,5,7,12H2,1-2H3,(H,23,26)(H,24,29)/t13-,14-,18-/m1/s1. The fraction of sp³-hybridized carbons (Fsp3) is 0.409. The van der Waals surface area contributed by atoms with Gasteiger partial charge in [0, 0.05) is 11.6 Å². The number of aromatic nitrogens is 2. The molecule has 1 amide bonds. The lowest BCUT2D eigenvalue weighted by Gasteiger charge is -2.34. The summed E-state index contributed by atoms with van der Waals surface area (Å²) in [6.07, 6.45) is 4.92. The van der Waals surface area contributed by atoms with Gasteiger partial charge in [0.2, 0.25) is 0 Å². The molecule has 3 aromatic rings. The maximum atomic E-state index is 12.9. The van der Waals surface area contributed by atoms with E-state index in [0.29, 0.717) is 38.8 Å². The fourth-order valence-electron chi connectivity index (χ4n) is 4.14. The highest BCUT2D eigenvalue weighted by Crippen LogP contribution is 2.29. The number of furan rings is 1. The Balaban J connectivity index is 1.62. The molecule has 0 bridgehead atoms. The minimum absolute atomic E-state index is 0.114. The van der Waals surface area contributed by atoms with Gasteiger partial charge in [-0.3, -0.25) is 14.2 Å². The summed E-state index contributed by atoms with van der Waals surface area (Å²) >= 11 is 5.37. The lowest BCUT2D eigenvalue weighted by Crippen LogP contribution is -2.43. The van der Waals surface area contributed by atoms with Crippen LogP contribution in [0.2, 0.25) is 0 Å². The van der Waals surface area contributed by atoms with Crippen LogP contribution in [0.25, 0.3) is 10.9 Å². The average molecular weight is 412 g/mol. The minimum Gasteiger partial charge on any atom is -0.467 e. The van der Waals surface area contributed by atoms with Gasteiger partial charge in [0.05, 0.1) is 23.7 Å². The first-order chi connectivity index (χ1) is 13.9. The highest BCUT2D eigenvalue weighted by Gasteiger charge is 2.28. The first-order valence-corrected chi connectivity index (χ1v) is 10.4. The number of hydrogen-bond donors (Lipinski definition) is 2. The van der Waals surface area contributed by atoms with Crippen molar-refractivity contribution in [3.63, 3.8) is 0 Å². The second-order valence-corrected chi connectivity index (χ2v) is 8.40. The molecule has 152 valence electrons. The number of hydrogen-bond acceptors (Lipinski definition) is 4. The summed E-state index contributed by atoms with van der Waals surface area (Å²) in [5.41, 5.74) is 0.881. The molecule has 0 spiro atoms. The molecule has 2 heterocycles. The Morgan fingerprint density at radius 3 is 2.90 bits per heavy atom. The molecular formula is C22H25N3O3S. The van der Waals surface area contributed by atoms with Crippen molar-refractivity contribution in [2.75, 3.05) is 0 Å². The van der Waals surface area contributed by atoms with Gasteiger partial charge in [-0.1, -0.05) is 26.7 Å². The summed E-state index contributed by atoms with van der Waals surface area (Å²) in [5.74, 6) is 1.59. The normalized spacial score (nSPS) is 21.9. The summed E-state index contributed by atoms with van der Waals surface area (Å²) in [4.78, 5) is 28.8. The Bertz CT molecular complexity index is 1150.